The number of nitrogens with two attached hydrogens (primary N) is 1. The molecule has 3 heteroatoms. The van der Waals surface area contributed by atoms with Crippen molar-refractivity contribution in [1.82, 2.24) is 0 Å². The van der Waals surface area contributed by atoms with Crippen molar-refractivity contribution in [1.29, 1.82) is 0 Å². The molecule has 0 radical (unpaired) electrons. The highest BCUT2D eigenvalue weighted by Crippen LogP contribution is 2.37. The molecule has 0 aromatic heterocycles. The van der Waals surface area contributed by atoms with Crippen molar-refractivity contribution in [3.63, 3.8) is 0 Å². The molecule has 0 spiro atoms. The summed E-state index contributed by atoms with van der Waals surface area (Å²) in [5.41, 5.74) is 5.85. The first-order valence-electron chi connectivity index (χ1n) is 8.93. The van der Waals surface area contributed by atoms with E-state index in [-0.39, 0.29) is 18.0 Å². The smallest absolute Gasteiger partial charge is 0.309 e. The molecule has 2 rings (SSSR count). The van der Waals surface area contributed by atoms with Crippen LogP contribution in [0.15, 0.2) is 0 Å². The molecule has 0 saturated heterocycles. The van der Waals surface area contributed by atoms with Gasteiger partial charge in [-0.3, -0.25) is 4.79 Å². The molecule has 2 saturated carbocycles. The number of hydrogen-bond donors (Lipinski definition) is 1. The fourth-order valence-electron chi connectivity index (χ4n) is 4.29. The zero-order valence-electron chi connectivity index (χ0n) is 14.0. The first kappa shape index (κ1) is 16.8. The first-order valence-corrected chi connectivity index (χ1v) is 8.93. The summed E-state index contributed by atoms with van der Waals surface area (Å²) in [6.07, 6.45) is 8.04. The summed E-state index contributed by atoms with van der Waals surface area (Å²) in [6, 6.07) is 0. The van der Waals surface area contributed by atoms with E-state index < -0.39 is 0 Å². The zero-order valence-corrected chi connectivity index (χ0v) is 14.0. The standard InChI is InChI=1S/C18H33NO2/c1-12(2)15-9-8-13(3)10-17(15)21-18(20)16-7-5-4-6-14(16)11-19/h12-17H,4-11,19H2,1-3H3. The van der Waals surface area contributed by atoms with Gasteiger partial charge >= 0.3 is 5.97 Å². The van der Waals surface area contributed by atoms with E-state index in [1.807, 2.05) is 0 Å². The molecule has 3 nitrogen and oxygen atoms in total. The van der Waals surface area contributed by atoms with Gasteiger partial charge in [-0.25, -0.2) is 0 Å². The van der Waals surface area contributed by atoms with Crippen LogP contribution in [-0.4, -0.2) is 18.6 Å². The van der Waals surface area contributed by atoms with Crippen molar-refractivity contribution in [2.75, 3.05) is 6.54 Å². The first-order chi connectivity index (χ1) is 10.0. The molecule has 2 fully saturated rings. The Labute approximate surface area is 130 Å². The van der Waals surface area contributed by atoms with E-state index in [1.54, 1.807) is 0 Å². The average molecular weight is 295 g/mol. The maximum Gasteiger partial charge on any atom is 0.309 e. The summed E-state index contributed by atoms with van der Waals surface area (Å²) in [5.74, 6) is 2.22. The van der Waals surface area contributed by atoms with Crippen LogP contribution < -0.4 is 5.73 Å². The van der Waals surface area contributed by atoms with Crippen LogP contribution in [0.5, 0.6) is 0 Å². The Bertz CT molecular complexity index is 342. The molecule has 2 aliphatic rings. The van der Waals surface area contributed by atoms with Crippen LogP contribution in [0.4, 0.5) is 0 Å². The van der Waals surface area contributed by atoms with Crippen LogP contribution in [0.1, 0.15) is 65.7 Å². The van der Waals surface area contributed by atoms with Crippen molar-refractivity contribution in [3.8, 4) is 0 Å². The Balaban J connectivity index is 1.98. The van der Waals surface area contributed by atoms with E-state index in [1.165, 1.54) is 19.3 Å². The van der Waals surface area contributed by atoms with Gasteiger partial charge in [0.05, 0.1) is 5.92 Å². The molecule has 0 bridgehead atoms. The van der Waals surface area contributed by atoms with Crippen LogP contribution in [0.3, 0.4) is 0 Å². The van der Waals surface area contributed by atoms with Gasteiger partial charge in [0.2, 0.25) is 0 Å². The fourth-order valence-corrected chi connectivity index (χ4v) is 4.29. The number of carbonyl (C=O) groups is 1. The second kappa shape index (κ2) is 7.62. The van der Waals surface area contributed by atoms with Gasteiger partial charge in [0.15, 0.2) is 0 Å². The molecule has 122 valence electrons. The molecule has 0 heterocycles. The second-order valence-corrected chi connectivity index (χ2v) is 7.69. The van der Waals surface area contributed by atoms with E-state index in [0.29, 0.717) is 30.2 Å². The van der Waals surface area contributed by atoms with Crippen LogP contribution in [0.25, 0.3) is 0 Å². The lowest BCUT2D eigenvalue weighted by molar-refractivity contribution is -0.164. The molecule has 21 heavy (non-hydrogen) atoms. The summed E-state index contributed by atoms with van der Waals surface area (Å²) in [7, 11) is 0. The third kappa shape index (κ3) is 4.21. The summed E-state index contributed by atoms with van der Waals surface area (Å²) in [4.78, 5) is 12.6. The predicted octanol–water partition coefficient (Wildman–Crippen LogP) is 3.76. The highest BCUT2D eigenvalue weighted by Gasteiger charge is 2.37. The second-order valence-electron chi connectivity index (χ2n) is 7.69. The van der Waals surface area contributed by atoms with E-state index in [4.69, 9.17) is 10.5 Å². The minimum atomic E-state index is 0.0369. The highest BCUT2D eigenvalue weighted by molar-refractivity contribution is 5.73. The van der Waals surface area contributed by atoms with Gasteiger partial charge < -0.3 is 10.5 Å². The maximum atomic E-state index is 12.6. The Hall–Kier alpha value is -0.570. The molecule has 0 amide bonds. The van der Waals surface area contributed by atoms with Crippen molar-refractivity contribution < 1.29 is 9.53 Å². The van der Waals surface area contributed by atoms with Gasteiger partial charge in [-0.05, 0) is 55.9 Å². The summed E-state index contributed by atoms with van der Waals surface area (Å²) in [6.45, 7) is 7.41. The zero-order chi connectivity index (χ0) is 15.4. The Morgan fingerprint density at radius 2 is 1.90 bits per heavy atom. The van der Waals surface area contributed by atoms with Crippen molar-refractivity contribution >= 4 is 5.97 Å². The minimum absolute atomic E-state index is 0.0369. The lowest BCUT2D eigenvalue weighted by Gasteiger charge is -2.38. The normalized spacial score (nSPS) is 37.5. The van der Waals surface area contributed by atoms with Crippen molar-refractivity contribution in [2.24, 2.45) is 35.3 Å². The highest BCUT2D eigenvalue weighted by atomic mass is 16.5. The SMILES string of the molecule is CC1CCC(C(C)C)C(OC(=O)C2CCCCC2CN)C1. The van der Waals surface area contributed by atoms with Gasteiger partial charge in [-0.2, -0.15) is 0 Å². The third-order valence-corrected chi connectivity index (χ3v) is 5.74. The molecule has 2 N–H and O–H groups in total. The Morgan fingerprint density at radius 3 is 2.57 bits per heavy atom. The lowest BCUT2D eigenvalue weighted by atomic mass is 9.75. The van der Waals surface area contributed by atoms with E-state index in [9.17, 15) is 4.79 Å². The number of rotatable bonds is 4. The molecular formula is C18H33NO2. The van der Waals surface area contributed by atoms with Gasteiger partial charge in [0.1, 0.15) is 6.10 Å². The van der Waals surface area contributed by atoms with E-state index in [2.05, 4.69) is 20.8 Å². The Kier molecular flexibility index (Phi) is 6.09. The lowest BCUT2D eigenvalue weighted by Crippen LogP contribution is -2.40. The summed E-state index contributed by atoms with van der Waals surface area (Å²) < 4.78 is 6.01. The summed E-state index contributed by atoms with van der Waals surface area (Å²) >= 11 is 0. The van der Waals surface area contributed by atoms with E-state index >= 15 is 0 Å². The van der Waals surface area contributed by atoms with Crippen LogP contribution in [-0.2, 0) is 9.53 Å². The Morgan fingerprint density at radius 1 is 1.19 bits per heavy atom. The van der Waals surface area contributed by atoms with Crippen LogP contribution >= 0.6 is 0 Å². The average Bonchev–Trinajstić information content (AvgIpc) is 2.46. The van der Waals surface area contributed by atoms with Gasteiger partial charge in [0, 0.05) is 0 Å². The largest absolute Gasteiger partial charge is 0.462 e. The number of esters is 1. The molecule has 0 aliphatic heterocycles. The monoisotopic (exact) mass is 295 g/mol. The molecule has 2 aliphatic carbocycles. The van der Waals surface area contributed by atoms with Gasteiger partial charge in [-0.15, -0.1) is 0 Å². The molecule has 5 unspecified atom stereocenters. The molecular weight excluding hydrogens is 262 g/mol. The summed E-state index contributed by atoms with van der Waals surface area (Å²) in [5, 5.41) is 0. The number of hydrogen-bond acceptors (Lipinski definition) is 3. The fraction of sp³-hybridized carbons (Fsp3) is 0.944. The number of ether oxygens (including phenoxy) is 1. The molecule has 5 atom stereocenters. The maximum absolute atomic E-state index is 12.6. The quantitative estimate of drug-likeness (QED) is 0.804. The van der Waals surface area contributed by atoms with Gasteiger partial charge in [0.25, 0.3) is 0 Å². The van der Waals surface area contributed by atoms with Gasteiger partial charge in [-0.1, -0.05) is 40.0 Å². The molecule has 0 aromatic rings. The predicted molar refractivity (Wildman–Crippen MR) is 85.7 cm³/mol. The number of carbonyl (C=O) groups excluding carboxylic acids is 1. The third-order valence-electron chi connectivity index (χ3n) is 5.74. The van der Waals surface area contributed by atoms with Crippen molar-refractivity contribution in [3.05, 3.63) is 0 Å². The topological polar surface area (TPSA) is 52.3 Å². The van der Waals surface area contributed by atoms with Crippen molar-refractivity contribution in [2.45, 2.75) is 71.8 Å². The van der Waals surface area contributed by atoms with Crippen LogP contribution in [0.2, 0.25) is 0 Å². The van der Waals surface area contributed by atoms with E-state index in [0.717, 1.165) is 25.7 Å². The molecule has 0 aromatic carbocycles. The minimum Gasteiger partial charge on any atom is -0.462 e. The van der Waals surface area contributed by atoms with Crippen LogP contribution in [0, 0.1) is 29.6 Å².